The predicted molar refractivity (Wildman–Crippen MR) is 80.6 cm³/mol. The van der Waals surface area contributed by atoms with Crippen LogP contribution in [0.5, 0.6) is 0 Å². The number of carbonyl (C=O) groups excluding carboxylic acids is 1. The molecule has 0 heterocycles. The Bertz CT molecular complexity index is 668. The molecule has 0 saturated heterocycles. The Kier molecular flexibility index (Phi) is 4.18. The highest BCUT2D eigenvalue weighted by Crippen LogP contribution is 2.33. The van der Waals surface area contributed by atoms with Crippen LogP contribution in [-0.4, -0.2) is 11.0 Å². The number of rotatable bonds is 4. The number of hydrogen-bond donors (Lipinski definition) is 1. The molecule has 0 aliphatic rings. The molecule has 0 saturated carbocycles. The largest absolute Gasteiger partial charge is 0.351 e. The number of nitrogens with zero attached hydrogens (tertiary/aromatic N) is 2. The van der Waals surface area contributed by atoms with Crippen molar-refractivity contribution in [2.75, 3.05) is 4.90 Å². The Hall–Kier alpha value is -2.89. The Morgan fingerprint density at radius 3 is 2.33 bits per heavy atom. The molecule has 21 heavy (non-hydrogen) atoms. The molecular weight excluding hydrogens is 270 g/mol. The molecule has 2 aromatic rings. The van der Waals surface area contributed by atoms with E-state index < -0.39 is 11.0 Å². The Labute approximate surface area is 121 Å². The smallest absolute Gasteiger partial charge is 0.324 e. The lowest BCUT2D eigenvalue weighted by Gasteiger charge is -2.20. The molecule has 0 aromatic heterocycles. The first-order valence-corrected chi connectivity index (χ1v) is 6.46. The minimum atomic E-state index is -0.770. The van der Waals surface area contributed by atoms with Gasteiger partial charge in [0.15, 0.2) is 0 Å². The van der Waals surface area contributed by atoms with Crippen molar-refractivity contribution in [2.24, 2.45) is 5.73 Å². The van der Waals surface area contributed by atoms with Crippen molar-refractivity contribution in [2.45, 2.75) is 13.3 Å². The number of benzene rings is 2. The average Bonchev–Trinajstić information content (AvgIpc) is 2.48. The van der Waals surface area contributed by atoms with E-state index >= 15 is 0 Å². The number of anilines is 2. The number of nitro benzene ring substituents is 1. The van der Waals surface area contributed by atoms with E-state index in [0.717, 1.165) is 16.9 Å². The molecule has 0 atom stereocenters. The first kappa shape index (κ1) is 14.5. The molecule has 2 amide bonds. The minimum Gasteiger partial charge on any atom is -0.351 e. The Morgan fingerprint density at radius 1 is 1.19 bits per heavy atom. The first-order valence-electron chi connectivity index (χ1n) is 6.46. The van der Waals surface area contributed by atoms with Crippen LogP contribution in [0.3, 0.4) is 0 Å². The summed E-state index contributed by atoms with van der Waals surface area (Å²) >= 11 is 0. The Balaban J connectivity index is 2.53. The van der Waals surface area contributed by atoms with Crippen molar-refractivity contribution in [3.8, 4) is 0 Å². The SMILES string of the molecule is CCc1ccc(N(C(N)=O)c2ccccc2[N+](=O)[O-])cc1. The number of carbonyl (C=O) groups is 1. The number of primary amides is 1. The molecule has 0 aliphatic carbocycles. The molecule has 6 heteroatoms. The molecule has 0 fully saturated rings. The number of aryl methyl sites for hydroxylation is 1. The maximum Gasteiger partial charge on any atom is 0.324 e. The number of urea groups is 1. The van der Waals surface area contributed by atoms with Gasteiger partial charge in [-0.3, -0.25) is 15.0 Å². The van der Waals surface area contributed by atoms with E-state index in [1.807, 2.05) is 19.1 Å². The molecule has 2 N–H and O–H groups in total. The van der Waals surface area contributed by atoms with Gasteiger partial charge in [0.05, 0.1) is 10.6 Å². The first-order chi connectivity index (χ1) is 10.0. The summed E-state index contributed by atoms with van der Waals surface area (Å²) in [6.45, 7) is 2.02. The molecular formula is C15H15N3O3. The van der Waals surface area contributed by atoms with E-state index in [1.165, 1.54) is 12.1 Å². The van der Waals surface area contributed by atoms with E-state index in [4.69, 9.17) is 5.73 Å². The fraction of sp³-hybridized carbons (Fsp3) is 0.133. The van der Waals surface area contributed by atoms with Gasteiger partial charge in [-0.1, -0.05) is 31.2 Å². The van der Waals surface area contributed by atoms with Gasteiger partial charge < -0.3 is 5.73 Å². The van der Waals surface area contributed by atoms with Crippen molar-refractivity contribution in [3.63, 3.8) is 0 Å². The predicted octanol–water partition coefficient (Wildman–Crippen LogP) is 3.37. The van der Waals surface area contributed by atoms with Crippen LogP contribution in [0.25, 0.3) is 0 Å². The van der Waals surface area contributed by atoms with Crippen LogP contribution in [0, 0.1) is 10.1 Å². The maximum atomic E-state index is 11.8. The fourth-order valence-electron chi connectivity index (χ4n) is 2.07. The zero-order chi connectivity index (χ0) is 15.4. The molecule has 2 aromatic carbocycles. The van der Waals surface area contributed by atoms with Gasteiger partial charge in [0.25, 0.3) is 5.69 Å². The van der Waals surface area contributed by atoms with Crippen molar-refractivity contribution in [1.29, 1.82) is 0 Å². The number of para-hydroxylation sites is 2. The summed E-state index contributed by atoms with van der Waals surface area (Å²) in [5.74, 6) is 0. The van der Waals surface area contributed by atoms with Crippen LogP contribution in [0.4, 0.5) is 21.9 Å². The van der Waals surface area contributed by atoms with Crippen molar-refractivity contribution in [3.05, 3.63) is 64.2 Å². The monoisotopic (exact) mass is 285 g/mol. The van der Waals surface area contributed by atoms with E-state index in [9.17, 15) is 14.9 Å². The van der Waals surface area contributed by atoms with Crippen LogP contribution in [-0.2, 0) is 6.42 Å². The molecule has 0 spiro atoms. The van der Waals surface area contributed by atoms with Crippen molar-refractivity contribution in [1.82, 2.24) is 0 Å². The second-order valence-electron chi connectivity index (χ2n) is 4.44. The van der Waals surface area contributed by atoms with Crippen LogP contribution < -0.4 is 10.6 Å². The van der Waals surface area contributed by atoms with Crippen LogP contribution >= 0.6 is 0 Å². The fourth-order valence-corrected chi connectivity index (χ4v) is 2.07. The summed E-state index contributed by atoms with van der Waals surface area (Å²) in [6, 6.07) is 12.4. The molecule has 0 radical (unpaired) electrons. The second-order valence-corrected chi connectivity index (χ2v) is 4.44. The van der Waals surface area contributed by atoms with Gasteiger partial charge in [0.2, 0.25) is 0 Å². The molecule has 0 bridgehead atoms. The highest BCUT2D eigenvalue weighted by molar-refractivity contribution is 6.00. The normalized spacial score (nSPS) is 10.1. The molecule has 0 aliphatic heterocycles. The number of nitro groups is 1. The zero-order valence-corrected chi connectivity index (χ0v) is 11.5. The lowest BCUT2D eigenvalue weighted by atomic mass is 10.1. The second kappa shape index (κ2) is 6.04. The van der Waals surface area contributed by atoms with Crippen molar-refractivity contribution >= 4 is 23.1 Å². The van der Waals surface area contributed by atoms with Gasteiger partial charge in [0.1, 0.15) is 5.69 Å². The third kappa shape index (κ3) is 3.00. The van der Waals surface area contributed by atoms with Gasteiger partial charge >= 0.3 is 6.03 Å². The van der Waals surface area contributed by atoms with Gasteiger partial charge in [-0.2, -0.15) is 0 Å². The van der Waals surface area contributed by atoms with E-state index in [-0.39, 0.29) is 11.4 Å². The van der Waals surface area contributed by atoms with Gasteiger partial charge in [-0.25, -0.2) is 4.79 Å². The molecule has 6 nitrogen and oxygen atoms in total. The lowest BCUT2D eigenvalue weighted by molar-refractivity contribution is -0.384. The van der Waals surface area contributed by atoms with Gasteiger partial charge in [-0.05, 0) is 30.2 Å². The highest BCUT2D eigenvalue weighted by Gasteiger charge is 2.23. The van der Waals surface area contributed by atoms with E-state index in [2.05, 4.69) is 0 Å². The van der Waals surface area contributed by atoms with E-state index in [0.29, 0.717) is 5.69 Å². The van der Waals surface area contributed by atoms with Crippen molar-refractivity contribution < 1.29 is 9.72 Å². The van der Waals surface area contributed by atoms with Crippen LogP contribution in [0.2, 0.25) is 0 Å². The average molecular weight is 285 g/mol. The number of nitrogens with two attached hydrogens (primary N) is 1. The summed E-state index contributed by atoms with van der Waals surface area (Å²) in [5, 5.41) is 11.1. The van der Waals surface area contributed by atoms with Crippen LogP contribution in [0.15, 0.2) is 48.5 Å². The maximum absolute atomic E-state index is 11.8. The minimum absolute atomic E-state index is 0.152. The molecule has 2 rings (SSSR count). The number of hydrogen-bond acceptors (Lipinski definition) is 3. The zero-order valence-electron chi connectivity index (χ0n) is 11.5. The summed E-state index contributed by atoms with van der Waals surface area (Å²) in [4.78, 5) is 23.5. The van der Waals surface area contributed by atoms with Crippen LogP contribution in [0.1, 0.15) is 12.5 Å². The summed E-state index contributed by atoms with van der Waals surface area (Å²) in [5.41, 5.74) is 6.98. The topological polar surface area (TPSA) is 89.5 Å². The third-order valence-corrected chi connectivity index (χ3v) is 3.14. The highest BCUT2D eigenvalue weighted by atomic mass is 16.6. The van der Waals surface area contributed by atoms with E-state index in [1.54, 1.807) is 24.3 Å². The number of amides is 2. The quantitative estimate of drug-likeness (QED) is 0.689. The summed E-state index contributed by atoms with van der Waals surface area (Å²) in [6.07, 6.45) is 0.863. The molecule has 0 unspecified atom stereocenters. The van der Waals surface area contributed by atoms with Gasteiger partial charge in [-0.15, -0.1) is 0 Å². The third-order valence-electron chi connectivity index (χ3n) is 3.14. The summed E-state index contributed by atoms with van der Waals surface area (Å²) in [7, 11) is 0. The van der Waals surface area contributed by atoms with Gasteiger partial charge in [0, 0.05) is 6.07 Å². The summed E-state index contributed by atoms with van der Waals surface area (Å²) < 4.78 is 0. The Morgan fingerprint density at radius 2 is 1.81 bits per heavy atom. The standard InChI is InChI=1S/C15H15N3O3/c1-2-11-7-9-12(10-8-11)17(15(16)19)13-5-3-4-6-14(13)18(20)21/h3-10H,2H2,1H3,(H2,16,19). The molecule has 108 valence electrons. The lowest BCUT2D eigenvalue weighted by Crippen LogP contribution is -2.31.